The largest absolute Gasteiger partial charge is 0.322 e. The highest BCUT2D eigenvalue weighted by Crippen LogP contribution is 2.16. The van der Waals surface area contributed by atoms with Crippen LogP contribution in [0.5, 0.6) is 0 Å². The second-order valence-electron chi connectivity index (χ2n) is 5.18. The van der Waals surface area contributed by atoms with E-state index < -0.39 is 25.6 Å². The molecule has 0 bridgehead atoms. The molecule has 8 heteroatoms. The van der Waals surface area contributed by atoms with Gasteiger partial charge >= 0.3 is 0 Å². The summed E-state index contributed by atoms with van der Waals surface area (Å²) in [5.41, 5.74) is 0.745. The van der Waals surface area contributed by atoms with Gasteiger partial charge in [-0.2, -0.15) is 0 Å². The van der Waals surface area contributed by atoms with Crippen LogP contribution in [0, 0.1) is 0 Å². The van der Waals surface area contributed by atoms with Crippen LogP contribution in [-0.2, 0) is 19.7 Å². The number of nitrogens with one attached hydrogen (secondary N) is 1. The second-order valence-corrected chi connectivity index (χ2v) is 9.47. The van der Waals surface area contributed by atoms with Gasteiger partial charge < -0.3 is 5.32 Å². The molecule has 0 spiro atoms. The van der Waals surface area contributed by atoms with Crippen LogP contribution in [0.25, 0.3) is 0 Å². The van der Waals surface area contributed by atoms with E-state index in [9.17, 15) is 21.6 Å². The third kappa shape index (κ3) is 4.21. The van der Waals surface area contributed by atoms with Crippen molar-refractivity contribution in [3.63, 3.8) is 0 Å². The summed E-state index contributed by atoms with van der Waals surface area (Å²) in [6, 6.07) is 11.4. The molecule has 0 unspecified atom stereocenters. The highest BCUT2D eigenvalue weighted by molar-refractivity contribution is 7.91. The zero-order chi connectivity index (χ0) is 18.0. The van der Waals surface area contributed by atoms with Gasteiger partial charge in [-0.1, -0.05) is 6.92 Å². The van der Waals surface area contributed by atoms with Crippen LogP contribution >= 0.6 is 0 Å². The summed E-state index contributed by atoms with van der Waals surface area (Å²) in [4.78, 5) is 12.5. The summed E-state index contributed by atoms with van der Waals surface area (Å²) in [5, 5.41) is 2.63. The standard InChI is InChI=1S/C16H17NO5S2/c1-3-24(21,22)15-8-4-12(5-9-15)16(18)17-13-6-10-14(11-7-13)23(2,19)20/h4-11H,3H2,1-2H3,(H,17,18). The molecule has 0 atom stereocenters. The molecule has 0 aromatic heterocycles. The lowest BCUT2D eigenvalue weighted by Crippen LogP contribution is -2.12. The Hall–Kier alpha value is -2.19. The quantitative estimate of drug-likeness (QED) is 0.873. The molecule has 2 aromatic rings. The first kappa shape index (κ1) is 18.2. The van der Waals surface area contributed by atoms with Crippen molar-refractivity contribution in [2.24, 2.45) is 0 Å². The smallest absolute Gasteiger partial charge is 0.255 e. The van der Waals surface area contributed by atoms with Crippen LogP contribution in [0.4, 0.5) is 5.69 Å². The van der Waals surface area contributed by atoms with Crippen molar-refractivity contribution in [1.82, 2.24) is 0 Å². The van der Waals surface area contributed by atoms with E-state index in [0.717, 1.165) is 6.26 Å². The molecule has 1 N–H and O–H groups in total. The maximum Gasteiger partial charge on any atom is 0.255 e. The average Bonchev–Trinajstić information content (AvgIpc) is 2.54. The molecule has 2 aromatic carbocycles. The van der Waals surface area contributed by atoms with Gasteiger partial charge in [0.25, 0.3) is 5.91 Å². The van der Waals surface area contributed by atoms with E-state index in [4.69, 9.17) is 0 Å². The fraction of sp³-hybridized carbons (Fsp3) is 0.188. The number of sulfone groups is 2. The van der Waals surface area contributed by atoms with E-state index in [0.29, 0.717) is 11.3 Å². The predicted molar refractivity (Wildman–Crippen MR) is 91.7 cm³/mol. The third-order valence-corrected chi connectivity index (χ3v) is 6.27. The van der Waals surface area contributed by atoms with E-state index in [-0.39, 0.29) is 15.5 Å². The summed E-state index contributed by atoms with van der Waals surface area (Å²) >= 11 is 0. The van der Waals surface area contributed by atoms with Gasteiger partial charge in [-0.3, -0.25) is 4.79 Å². The first-order valence-electron chi connectivity index (χ1n) is 7.08. The van der Waals surface area contributed by atoms with Crippen LogP contribution in [-0.4, -0.2) is 34.8 Å². The maximum absolute atomic E-state index is 12.1. The SMILES string of the molecule is CCS(=O)(=O)c1ccc(C(=O)Nc2ccc(S(C)(=O)=O)cc2)cc1. The van der Waals surface area contributed by atoms with E-state index in [1.165, 1.54) is 48.5 Å². The number of rotatable bonds is 5. The first-order chi connectivity index (χ1) is 11.1. The lowest BCUT2D eigenvalue weighted by Gasteiger charge is -2.07. The summed E-state index contributed by atoms with van der Waals surface area (Å²) in [7, 11) is -6.60. The van der Waals surface area contributed by atoms with E-state index >= 15 is 0 Å². The Morgan fingerprint density at radius 2 is 1.38 bits per heavy atom. The van der Waals surface area contributed by atoms with Crippen molar-refractivity contribution in [3.05, 3.63) is 54.1 Å². The van der Waals surface area contributed by atoms with Crippen LogP contribution in [0.3, 0.4) is 0 Å². The highest BCUT2D eigenvalue weighted by atomic mass is 32.2. The maximum atomic E-state index is 12.1. The number of amides is 1. The van der Waals surface area contributed by atoms with Crippen molar-refractivity contribution < 1.29 is 21.6 Å². The van der Waals surface area contributed by atoms with Gasteiger partial charge in [0, 0.05) is 17.5 Å². The summed E-state index contributed by atoms with van der Waals surface area (Å²) in [6.45, 7) is 1.55. The number of carbonyl (C=O) groups excluding carboxylic acids is 1. The molecule has 0 aliphatic carbocycles. The second kappa shape index (κ2) is 6.74. The molecule has 24 heavy (non-hydrogen) atoms. The summed E-state index contributed by atoms with van der Waals surface area (Å²) < 4.78 is 46.3. The number of anilines is 1. The highest BCUT2D eigenvalue weighted by Gasteiger charge is 2.13. The minimum atomic E-state index is -3.31. The van der Waals surface area contributed by atoms with Gasteiger partial charge in [0.2, 0.25) is 0 Å². The monoisotopic (exact) mass is 367 g/mol. The molecule has 0 saturated heterocycles. The summed E-state index contributed by atoms with van der Waals surface area (Å²) in [5.74, 6) is -0.423. The molecule has 0 fully saturated rings. The molecule has 0 radical (unpaired) electrons. The van der Waals surface area contributed by atoms with Crippen molar-refractivity contribution in [1.29, 1.82) is 0 Å². The van der Waals surface area contributed by atoms with Gasteiger partial charge in [-0.25, -0.2) is 16.8 Å². The number of hydrogen-bond donors (Lipinski definition) is 1. The van der Waals surface area contributed by atoms with Gasteiger partial charge in [-0.05, 0) is 48.5 Å². The molecule has 0 aliphatic rings. The minimum absolute atomic E-state index is 0.00870. The van der Waals surface area contributed by atoms with Crippen LogP contribution in [0.2, 0.25) is 0 Å². The van der Waals surface area contributed by atoms with Gasteiger partial charge in [0.15, 0.2) is 19.7 Å². The first-order valence-corrected chi connectivity index (χ1v) is 10.6. The number of carbonyl (C=O) groups is 1. The van der Waals surface area contributed by atoms with Gasteiger partial charge in [-0.15, -0.1) is 0 Å². The zero-order valence-electron chi connectivity index (χ0n) is 13.2. The Morgan fingerprint density at radius 1 is 0.875 bits per heavy atom. The number of hydrogen-bond acceptors (Lipinski definition) is 5. The summed E-state index contributed by atoms with van der Waals surface area (Å²) in [6.07, 6.45) is 1.10. The van der Waals surface area contributed by atoms with Crippen molar-refractivity contribution in [2.45, 2.75) is 16.7 Å². The normalized spacial score (nSPS) is 11.9. The van der Waals surface area contributed by atoms with Crippen molar-refractivity contribution in [2.75, 3.05) is 17.3 Å². The molecule has 1 amide bonds. The van der Waals surface area contributed by atoms with E-state index in [2.05, 4.69) is 5.32 Å². The fourth-order valence-corrected chi connectivity index (χ4v) is 3.48. The van der Waals surface area contributed by atoms with Crippen LogP contribution in [0.1, 0.15) is 17.3 Å². The predicted octanol–water partition coefficient (Wildman–Crippen LogP) is 2.14. The van der Waals surface area contributed by atoms with Crippen molar-refractivity contribution in [3.8, 4) is 0 Å². The molecular formula is C16H17NO5S2. The van der Waals surface area contributed by atoms with Gasteiger partial charge in [0.1, 0.15) is 0 Å². The Kier molecular flexibility index (Phi) is 5.10. The Morgan fingerprint density at radius 3 is 1.83 bits per heavy atom. The molecular weight excluding hydrogens is 350 g/mol. The van der Waals surface area contributed by atoms with Crippen LogP contribution < -0.4 is 5.32 Å². The Bertz CT molecular complexity index is 945. The number of benzene rings is 2. The van der Waals surface area contributed by atoms with E-state index in [1.54, 1.807) is 6.92 Å². The Balaban J connectivity index is 2.15. The molecule has 2 rings (SSSR count). The molecule has 128 valence electrons. The molecule has 0 saturated carbocycles. The van der Waals surface area contributed by atoms with E-state index in [1.807, 2.05) is 0 Å². The van der Waals surface area contributed by atoms with Crippen molar-refractivity contribution >= 4 is 31.3 Å². The lowest BCUT2D eigenvalue weighted by molar-refractivity contribution is 0.102. The zero-order valence-corrected chi connectivity index (χ0v) is 14.8. The topological polar surface area (TPSA) is 97.4 Å². The minimum Gasteiger partial charge on any atom is -0.322 e. The molecule has 0 aliphatic heterocycles. The third-order valence-electron chi connectivity index (χ3n) is 3.40. The fourth-order valence-electron chi connectivity index (χ4n) is 1.97. The molecule has 6 nitrogen and oxygen atoms in total. The molecule has 0 heterocycles. The lowest BCUT2D eigenvalue weighted by atomic mass is 10.2. The Labute approximate surface area is 141 Å². The van der Waals surface area contributed by atoms with Crippen LogP contribution in [0.15, 0.2) is 58.3 Å². The van der Waals surface area contributed by atoms with Gasteiger partial charge in [0.05, 0.1) is 15.5 Å². The average molecular weight is 367 g/mol.